The molecule has 0 aliphatic rings. The quantitative estimate of drug-likeness (QED) is 0.0287. The maximum atomic E-state index is 11.9. The molecule has 6 N–H and O–H groups in total. The summed E-state index contributed by atoms with van der Waals surface area (Å²) in [6, 6.07) is 22.9. The normalized spacial score (nSPS) is 12.2. The van der Waals surface area contributed by atoms with Gasteiger partial charge in [0.25, 0.3) is 20.2 Å². The number of pyridine rings is 1. The van der Waals surface area contributed by atoms with Crippen molar-refractivity contribution >= 4 is 104 Å². The number of aromatic carboxylic acids is 2. The van der Waals surface area contributed by atoms with Crippen LogP contribution in [-0.4, -0.2) is 64.4 Å². The lowest BCUT2D eigenvalue weighted by atomic mass is 10.0. The lowest BCUT2D eigenvalue weighted by Crippen LogP contribution is -2.05. The first kappa shape index (κ1) is 46.7. The molecule has 0 spiro atoms. The smallest absolute Gasteiger partial charge is 0.335 e. The first-order chi connectivity index (χ1) is 30.8. The Labute approximate surface area is 373 Å². The zero-order valence-electron chi connectivity index (χ0n) is 33.0. The Balaban J connectivity index is 1.52. The highest BCUT2D eigenvalue weighted by molar-refractivity contribution is 7.86. The molecule has 1 unspecified atom stereocenters. The van der Waals surface area contributed by atoms with Crippen LogP contribution < -0.4 is 10.6 Å². The van der Waals surface area contributed by atoms with Crippen molar-refractivity contribution in [2.75, 3.05) is 17.7 Å². The van der Waals surface area contributed by atoms with Crippen LogP contribution in [0.1, 0.15) is 37.4 Å². The number of nitrogens with zero attached hydrogens (tertiary/aromatic N) is 8. The second-order valence-electron chi connectivity index (χ2n) is 12.9. The van der Waals surface area contributed by atoms with Crippen LogP contribution in [0.4, 0.5) is 50.1 Å². The summed E-state index contributed by atoms with van der Waals surface area (Å²) in [6.07, 6.45) is 0. The van der Waals surface area contributed by atoms with E-state index in [0.29, 0.717) is 5.56 Å². The molecule has 4 aromatic carbocycles. The molecule has 6 rings (SSSR count). The van der Waals surface area contributed by atoms with Crippen molar-refractivity contribution in [3.63, 3.8) is 0 Å². The Hall–Kier alpha value is -7.82. The first-order valence-electron chi connectivity index (χ1n) is 17.8. The third kappa shape index (κ3) is 11.0. The summed E-state index contributed by atoms with van der Waals surface area (Å²) in [5.41, 5.74) is 0.216. The van der Waals surface area contributed by atoms with E-state index in [1.807, 2.05) is 6.07 Å². The van der Waals surface area contributed by atoms with Crippen LogP contribution in [0, 0.1) is 29.6 Å². The standard InChI is InChI=1S/C39H28N10O12S4/c1-20-30(18-40)34(42-24-7-11-28(12-8-24)64(55,56)57)44-35(43-25-9-13-29(14-10-25)65(58,59)60)33(20)46-47-36-31(19-41)32(21-3-5-26(6-4-21)49-63(54)61-2)37(62-36)48-45-27-16-22(38(50)51)15-23(17-27)39(52)53/h3-17,63H,1-2H3,(H,50,51)(H,52,53)(H2,42,43,44)(H,55,56,57)(H,58,59,60). The van der Waals surface area contributed by atoms with Gasteiger partial charge in [0.05, 0.1) is 45.0 Å². The van der Waals surface area contributed by atoms with Crippen LogP contribution in [0.3, 0.4) is 0 Å². The number of anilines is 4. The highest BCUT2D eigenvalue weighted by atomic mass is 32.2. The maximum absolute atomic E-state index is 11.9. The van der Waals surface area contributed by atoms with E-state index >= 15 is 0 Å². The van der Waals surface area contributed by atoms with Gasteiger partial charge in [0.2, 0.25) is 0 Å². The van der Waals surface area contributed by atoms with Crippen LogP contribution in [0.2, 0.25) is 0 Å². The van der Waals surface area contributed by atoms with Gasteiger partial charge in [-0.05, 0) is 91.3 Å². The van der Waals surface area contributed by atoms with Crippen LogP contribution >= 0.6 is 11.3 Å². The van der Waals surface area contributed by atoms with Gasteiger partial charge in [0.15, 0.2) is 27.5 Å². The van der Waals surface area contributed by atoms with Crippen molar-refractivity contribution in [3.8, 4) is 23.3 Å². The number of hydrogen-bond acceptors (Lipinski definition) is 19. The van der Waals surface area contributed by atoms with E-state index in [1.54, 1.807) is 0 Å². The number of nitrogens with one attached hydrogen (secondary N) is 2. The lowest BCUT2D eigenvalue weighted by Gasteiger charge is -2.16. The van der Waals surface area contributed by atoms with Crippen LogP contribution in [-0.2, 0) is 35.3 Å². The van der Waals surface area contributed by atoms with Crippen molar-refractivity contribution in [1.29, 1.82) is 10.5 Å². The van der Waals surface area contributed by atoms with Crippen molar-refractivity contribution < 1.29 is 54.1 Å². The molecule has 6 aromatic rings. The van der Waals surface area contributed by atoms with E-state index in [0.717, 1.165) is 53.8 Å². The van der Waals surface area contributed by atoms with Gasteiger partial charge in [-0.3, -0.25) is 13.3 Å². The SMILES string of the molecule is CO[SH](=O)=Nc1ccc(-c2c(N=Nc3cc(C(=O)O)cc(C(=O)O)c3)sc(N=Nc3c(Nc4ccc(S(=O)(=O)O)cc4)nc(Nc4ccc(S(=O)(=O)O)cc4)c(C#N)c3C)c2C#N)cc1. The van der Waals surface area contributed by atoms with Crippen LogP contribution in [0.5, 0.6) is 0 Å². The van der Waals surface area contributed by atoms with Crippen LogP contribution in [0.15, 0.2) is 126 Å². The predicted molar refractivity (Wildman–Crippen MR) is 235 cm³/mol. The zero-order valence-corrected chi connectivity index (χ0v) is 36.3. The Kier molecular flexibility index (Phi) is 13.8. The summed E-state index contributed by atoms with van der Waals surface area (Å²) in [4.78, 5) is 27.3. The van der Waals surface area contributed by atoms with Crippen molar-refractivity contribution in [3.05, 3.63) is 119 Å². The molecular weight excluding hydrogens is 929 g/mol. The summed E-state index contributed by atoms with van der Waals surface area (Å²) in [6.45, 7) is 1.50. The van der Waals surface area contributed by atoms with E-state index in [4.69, 9.17) is 4.18 Å². The lowest BCUT2D eigenvalue weighted by molar-refractivity contribution is 0.0696. The minimum absolute atomic E-state index is 0.0187. The molecule has 2 heterocycles. The average molecular weight is 957 g/mol. The molecule has 0 radical (unpaired) electrons. The molecule has 0 saturated carbocycles. The molecule has 65 heavy (non-hydrogen) atoms. The number of thiophene rings is 1. The summed E-state index contributed by atoms with van der Waals surface area (Å²) < 4.78 is 86.2. The largest absolute Gasteiger partial charge is 0.478 e. The third-order valence-corrected chi connectivity index (χ3v) is 12.2. The van der Waals surface area contributed by atoms with Gasteiger partial charge < -0.3 is 20.8 Å². The van der Waals surface area contributed by atoms with Gasteiger partial charge >= 0.3 is 11.9 Å². The number of hydrogen-bond donors (Lipinski definition) is 7. The molecule has 0 bridgehead atoms. The second-order valence-corrected chi connectivity index (χ2v) is 17.8. The summed E-state index contributed by atoms with van der Waals surface area (Å²) in [5, 5.41) is 63.0. The molecular formula is C39H28N10O12S4. The van der Waals surface area contributed by atoms with Gasteiger partial charge in [0, 0.05) is 22.5 Å². The zero-order chi connectivity index (χ0) is 47.2. The number of benzene rings is 4. The predicted octanol–water partition coefficient (Wildman–Crippen LogP) is 8.93. The van der Waals surface area contributed by atoms with Gasteiger partial charge in [0.1, 0.15) is 28.4 Å². The van der Waals surface area contributed by atoms with E-state index in [9.17, 15) is 60.5 Å². The van der Waals surface area contributed by atoms with E-state index < -0.39 is 52.8 Å². The third-order valence-electron chi connectivity index (χ3n) is 8.76. The average Bonchev–Trinajstić information content (AvgIpc) is 3.62. The van der Waals surface area contributed by atoms with Gasteiger partial charge in [-0.25, -0.2) is 18.8 Å². The molecule has 0 saturated heterocycles. The van der Waals surface area contributed by atoms with Crippen molar-refractivity contribution in [2.45, 2.75) is 16.7 Å². The molecule has 0 aliphatic carbocycles. The highest BCUT2D eigenvalue weighted by Crippen LogP contribution is 2.49. The van der Waals surface area contributed by atoms with E-state index in [2.05, 4.69) is 46.5 Å². The number of thiol groups is 1. The van der Waals surface area contributed by atoms with Crippen LogP contribution in [0.25, 0.3) is 11.1 Å². The fourth-order valence-electron chi connectivity index (χ4n) is 5.69. The fraction of sp³-hybridized carbons (Fsp3) is 0.0513. The van der Waals surface area contributed by atoms with Crippen molar-refractivity contribution in [1.82, 2.24) is 4.98 Å². The van der Waals surface area contributed by atoms with E-state index in [-0.39, 0.29) is 83.5 Å². The molecule has 2 aromatic heterocycles. The van der Waals surface area contributed by atoms with Gasteiger partial charge in [-0.15, -0.1) is 20.5 Å². The molecule has 0 fully saturated rings. The second kappa shape index (κ2) is 19.3. The summed E-state index contributed by atoms with van der Waals surface area (Å²) in [7, 11) is -10.2. The number of aromatic nitrogens is 1. The van der Waals surface area contributed by atoms with E-state index in [1.165, 1.54) is 62.6 Å². The molecule has 0 amide bonds. The summed E-state index contributed by atoms with van der Waals surface area (Å²) >= 11 is 0.795. The molecule has 1 atom stereocenters. The van der Waals surface area contributed by atoms with Crippen molar-refractivity contribution in [2.24, 2.45) is 24.8 Å². The number of carboxylic acid groups (broad SMARTS) is 2. The topological polar surface area (TPSA) is 356 Å². The summed E-state index contributed by atoms with van der Waals surface area (Å²) in [5.74, 6) is -3.01. The number of rotatable bonds is 15. The first-order valence-corrected chi connectivity index (χ1v) is 22.6. The number of nitriles is 2. The van der Waals surface area contributed by atoms with Gasteiger partial charge in [-0.2, -0.15) is 31.7 Å². The minimum Gasteiger partial charge on any atom is -0.478 e. The Morgan fingerprint density at radius 3 is 1.69 bits per heavy atom. The number of carbonyl (C=O) groups is 2. The Bertz CT molecular complexity index is 3320. The molecule has 22 nitrogen and oxygen atoms in total. The highest BCUT2D eigenvalue weighted by Gasteiger charge is 2.23. The van der Waals surface area contributed by atoms with Gasteiger partial charge in [-0.1, -0.05) is 23.5 Å². The minimum atomic E-state index is -4.56. The maximum Gasteiger partial charge on any atom is 0.335 e. The Morgan fingerprint density at radius 1 is 0.708 bits per heavy atom. The molecule has 0 aliphatic heterocycles. The number of carboxylic acids is 2. The fourth-order valence-corrected chi connectivity index (χ4v) is 7.97. The molecule has 330 valence electrons. The monoisotopic (exact) mass is 956 g/mol. The molecule has 26 heteroatoms. The number of azo groups is 2. The Morgan fingerprint density at radius 2 is 1.22 bits per heavy atom.